The lowest BCUT2D eigenvalue weighted by Crippen LogP contribution is -2.35. The van der Waals surface area contributed by atoms with E-state index in [9.17, 15) is 14.9 Å². The van der Waals surface area contributed by atoms with Crippen LogP contribution in [0.1, 0.15) is 55.7 Å². The largest absolute Gasteiger partial charge is 0.385 e. The van der Waals surface area contributed by atoms with E-state index in [4.69, 9.17) is 17.0 Å². The zero-order valence-electron chi connectivity index (χ0n) is 19.0. The third-order valence-electron chi connectivity index (χ3n) is 5.95. The molecule has 1 aromatic heterocycles. The quantitative estimate of drug-likeness (QED) is 0.339. The molecule has 0 aromatic carbocycles. The van der Waals surface area contributed by atoms with Crippen molar-refractivity contribution in [3.05, 3.63) is 31.9 Å². The summed E-state index contributed by atoms with van der Waals surface area (Å²) in [6.07, 6.45) is 6.97. The summed E-state index contributed by atoms with van der Waals surface area (Å²) >= 11 is 6.73. The number of carbonyl (C=O) groups excluding carboxylic acids is 1. The molecular weight excluding hydrogens is 444 g/mol. The molecule has 0 saturated carbocycles. The van der Waals surface area contributed by atoms with Crippen LogP contribution in [-0.4, -0.2) is 53.0 Å². The molecule has 1 amide bonds. The highest BCUT2D eigenvalue weighted by molar-refractivity contribution is 8.26. The molecule has 172 valence electrons. The Kier molecular flexibility index (Phi) is 8.51. The summed E-state index contributed by atoms with van der Waals surface area (Å²) in [5, 5.41) is 9.70. The summed E-state index contributed by atoms with van der Waals surface area (Å²) < 4.78 is 7.30. The molecule has 0 radical (unpaired) electrons. The lowest BCUT2D eigenvalue weighted by molar-refractivity contribution is -0.122. The van der Waals surface area contributed by atoms with Crippen molar-refractivity contribution < 1.29 is 9.53 Å². The van der Waals surface area contributed by atoms with E-state index >= 15 is 0 Å². The van der Waals surface area contributed by atoms with Gasteiger partial charge >= 0.3 is 0 Å². The SMILES string of the molecule is CCn1c(N2CCCCCC2)c(C=C2SC(=S)N(CCCOC)C2=O)c(C)c(C#N)c1=O. The number of anilines is 1. The van der Waals surface area contributed by atoms with Crippen molar-refractivity contribution in [2.45, 2.75) is 52.5 Å². The second-order valence-electron chi connectivity index (χ2n) is 7.98. The Morgan fingerprint density at radius 1 is 1.22 bits per heavy atom. The van der Waals surface area contributed by atoms with E-state index in [-0.39, 0.29) is 17.0 Å². The van der Waals surface area contributed by atoms with Crippen LogP contribution in [0.25, 0.3) is 6.08 Å². The monoisotopic (exact) mass is 474 g/mol. The summed E-state index contributed by atoms with van der Waals surface area (Å²) in [6, 6.07) is 2.09. The van der Waals surface area contributed by atoms with Gasteiger partial charge in [-0.3, -0.25) is 19.1 Å². The van der Waals surface area contributed by atoms with Crippen LogP contribution in [0.3, 0.4) is 0 Å². The van der Waals surface area contributed by atoms with Gasteiger partial charge in [0.1, 0.15) is 21.8 Å². The second kappa shape index (κ2) is 11.1. The summed E-state index contributed by atoms with van der Waals surface area (Å²) in [5.74, 6) is 0.672. The Morgan fingerprint density at radius 2 is 1.91 bits per heavy atom. The number of nitriles is 1. The molecule has 3 rings (SSSR count). The number of rotatable bonds is 7. The number of ether oxygens (including phenoxy) is 1. The molecule has 2 aliphatic rings. The van der Waals surface area contributed by atoms with Crippen molar-refractivity contribution in [1.29, 1.82) is 5.26 Å². The average molecular weight is 475 g/mol. The van der Waals surface area contributed by atoms with Crippen LogP contribution in [-0.2, 0) is 16.1 Å². The van der Waals surface area contributed by atoms with Gasteiger partial charge in [0.25, 0.3) is 11.5 Å². The highest BCUT2D eigenvalue weighted by Crippen LogP contribution is 2.36. The molecule has 0 spiro atoms. The molecule has 0 unspecified atom stereocenters. The van der Waals surface area contributed by atoms with E-state index in [1.807, 2.05) is 13.0 Å². The van der Waals surface area contributed by atoms with Crippen LogP contribution in [0.5, 0.6) is 0 Å². The molecule has 0 bridgehead atoms. The highest BCUT2D eigenvalue weighted by Gasteiger charge is 2.33. The van der Waals surface area contributed by atoms with Crippen molar-refractivity contribution in [3.63, 3.8) is 0 Å². The first-order valence-corrected chi connectivity index (χ1v) is 12.3. The normalized spacial score (nSPS) is 18.4. The topological polar surface area (TPSA) is 78.6 Å². The molecule has 0 N–H and O–H groups in total. The van der Waals surface area contributed by atoms with Crippen LogP contribution in [0.15, 0.2) is 9.70 Å². The smallest absolute Gasteiger partial charge is 0.270 e. The maximum Gasteiger partial charge on any atom is 0.270 e. The van der Waals surface area contributed by atoms with E-state index in [0.29, 0.717) is 40.9 Å². The minimum absolute atomic E-state index is 0.132. The maximum absolute atomic E-state index is 13.1. The first-order valence-electron chi connectivity index (χ1n) is 11.1. The number of hydrogen-bond acceptors (Lipinski definition) is 7. The standard InChI is InChI=1S/C23H30N4O3S2/c1-4-26-20(25-10-7-5-6-8-11-25)17(16(2)18(15-24)21(26)28)14-19-22(29)27(23(31)32-19)12-9-13-30-3/h14H,4-13H2,1-3H3. The van der Waals surface area contributed by atoms with Gasteiger partial charge in [-0.15, -0.1) is 0 Å². The first kappa shape index (κ1) is 24.5. The number of thiocarbonyl (C=S) groups is 1. The first-order chi connectivity index (χ1) is 15.4. The molecule has 2 saturated heterocycles. The summed E-state index contributed by atoms with van der Waals surface area (Å²) in [6.45, 7) is 6.93. The fourth-order valence-electron chi connectivity index (χ4n) is 4.25. The second-order valence-corrected chi connectivity index (χ2v) is 9.66. The van der Waals surface area contributed by atoms with E-state index in [1.54, 1.807) is 23.5 Å². The van der Waals surface area contributed by atoms with Crippen molar-refractivity contribution in [2.24, 2.45) is 0 Å². The Hall–Kier alpha value is -2.15. The van der Waals surface area contributed by atoms with E-state index in [1.165, 1.54) is 11.8 Å². The minimum atomic E-state index is -0.268. The fourth-order valence-corrected chi connectivity index (χ4v) is 5.54. The van der Waals surface area contributed by atoms with Crippen LogP contribution in [0, 0.1) is 18.3 Å². The molecule has 0 atom stereocenters. The van der Waals surface area contributed by atoms with Crippen LogP contribution in [0.4, 0.5) is 5.82 Å². The third-order valence-corrected chi connectivity index (χ3v) is 7.33. The Morgan fingerprint density at radius 3 is 2.50 bits per heavy atom. The van der Waals surface area contributed by atoms with Crippen LogP contribution < -0.4 is 10.5 Å². The van der Waals surface area contributed by atoms with Crippen molar-refractivity contribution in [3.8, 4) is 6.07 Å². The number of methoxy groups -OCH3 is 1. The number of hydrogen-bond donors (Lipinski definition) is 0. The number of aromatic nitrogens is 1. The molecule has 2 aliphatic heterocycles. The minimum Gasteiger partial charge on any atom is -0.385 e. The van der Waals surface area contributed by atoms with Gasteiger partial charge in [-0.05, 0) is 44.7 Å². The Balaban J connectivity index is 2.12. The zero-order chi connectivity index (χ0) is 23.3. The van der Waals surface area contributed by atoms with Crippen molar-refractivity contribution in [1.82, 2.24) is 9.47 Å². The molecule has 32 heavy (non-hydrogen) atoms. The number of nitrogens with zero attached hydrogens (tertiary/aromatic N) is 4. The number of pyridine rings is 1. The molecule has 2 fully saturated rings. The van der Waals surface area contributed by atoms with Gasteiger partial charge in [0.2, 0.25) is 0 Å². The fraction of sp³-hybridized carbons (Fsp3) is 0.565. The number of carbonyl (C=O) groups is 1. The average Bonchev–Trinajstić information content (AvgIpc) is 2.95. The molecular formula is C23H30N4O3S2. The zero-order valence-corrected chi connectivity index (χ0v) is 20.6. The molecule has 3 heterocycles. The van der Waals surface area contributed by atoms with Gasteiger partial charge in [-0.25, -0.2) is 0 Å². The molecule has 7 nitrogen and oxygen atoms in total. The van der Waals surface area contributed by atoms with Crippen LogP contribution >= 0.6 is 24.0 Å². The molecule has 9 heteroatoms. The molecule has 1 aromatic rings. The summed E-state index contributed by atoms with van der Waals surface area (Å²) in [7, 11) is 1.63. The van der Waals surface area contributed by atoms with E-state index < -0.39 is 0 Å². The number of amides is 1. The Labute approximate surface area is 199 Å². The van der Waals surface area contributed by atoms with Crippen molar-refractivity contribution >= 4 is 46.1 Å². The summed E-state index contributed by atoms with van der Waals surface area (Å²) in [4.78, 5) is 30.6. The van der Waals surface area contributed by atoms with Gasteiger partial charge < -0.3 is 9.64 Å². The third kappa shape index (κ3) is 4.92. The lowest BCUT2D eigenvalue weighted by atomic mass is 10.0. The maximum atomic E-state index is 13.1. The highest BCUT2D eigenvalue weighted by atomic mass is 32.2. The summed E-state index contributed by atoms with van der Waals surface area (Å²) in [5.41, 5.74) is 1.25. The van der Waals surface area contributed by atoms with E-state index in [0.717, 1.165) is 50.2 Å². The predicted molar refractivity (Wildman–Crippen MR) is 133 cm³/mol. The molecule has 0 aliphatic carbocycles. The van der Waals surface area contributed by atoms with Gasteiger partial charge in [0.15, 0.2) is 0 Å². The van der Waals surface area contributed by atoms with Gasteiger partial charge in [0.05, 0.1) is 4.91 Å². The Bertz CT molecular complexity index is 1020. The van der Waals surface area contributed by atoms with Crippen LogP contribution in [0.2, 0.25) is 0 Å². The number of thioether (sulfide) groups is 1. The van der Waals surface area contributed by atoms with E-state index in [2.05, 4.69) is 11.0 Å². The predicted octanol–water partition coefficient (Wildman–Crippen LogP) is 3.67. The van der Waals surface area contributed by atoms with Gasteiger partial charge in [-0.1, -0.05) is 36.8 Å². The van der Waals surface area contributed by atoms with Gasteiger partial charge in [0, 0.05) is 45.5 Å². The van der Waals surface area contributed by atoms with Gasteiger partial charge in [-0.2, -0.15) is 5.26 Å². The lowest BCUT2D eigenvalue weighted by Gasteiger charge is -2.29. The van der Waals surface area contributed by atoms with Crippen molar-refractivity contribution in [2.75, 3.05) is 38.3 Å².